The van der Waals surface area contributed by atoms with E-state index in [0.717, 1.165) is 44.9 Å². The fraction of sp³-hybridized carbons (Fsp3) is 0.182. The predicted octanol–water partition coefficient (Wildman–Crippen LogP) is 4.33. The third-order valence-electron chi connectivity index (χ3n) is 4.74. The minimum absolute atomic E-state index is 0.564. The summed E-state index contributed by atoms with van der Waals surface area (Å²) in [4.78, 5) is 21.7. The van der Waals surface area contributed by atoms with Crippen LogP contribution in [0.3, 0.4) is 0 Å². The fourth-order valence-electron chi connectivity index (χ4n) is 3.36. The van der Waals surface area contributed by atoms with Crippen LogP contribution in [0.4, 0.5) is 5.82 Å². The van der Waals surface area contributed by atoms with Crippen LogP contribution >= 0.6 is 9.24 Å². The van der Waals surface area contributed by atoms with E-state index >= 15 is 0 Å². The molecule has 0 spiro atoms. The molecule has 1 unspecified atom stereocenters. The lowest BCUT2D eigenvalue weighted by Gasteiger charge is -2.06. The summed E-state index contributed by atoms with van der Waals surface area (Å²) in [5.74, 6) is 0.638. The molecule has 0 saturated carbocycles. The average molecular weight is 415 g/mol. The molecule has 0 amide bonds. The molecular formula is C22H22N7P. The Morgan fingerprint density at radius 1 is 0.967 bits per heavy atom. The highest BCUT2D eigenvalue weighted by atomic mass is 31.0. The van der Waals surface area contributed by atoms with E-state index in [0.29, 0.717) is 12.4 Å². The van der Waals surface area contributed by atoms with Gasteiger partial charge in [-0.15, -0.1) is 0 Å². The van der Waals surface area contributed by atoms with E-state index in [1.165, 1.54) is 0 Å². The fourth-order valence-corrected chi connectivity index (χ4v) is 3.66. The Balaban J connectivity index is 1.55. The molecule has 0 aliphatic rings. The summed E-state index contributed by atoms with van der Waals surface area (Å²) in [6.45, 7) is 6.67. The van der Waals surface area contributed by atoms with Crippen molar-refractivity contribution < 1.29 is 0 Å². The van der Waals surface area contributed by atoms with Crippen molar-refractivity contribution in [1.29, 1.82) is 0 Å². The Bertz CT molecular complexity index is 1200. The second-order valence-corrected chi connectivity index (χ2v) is 7.65. The number of hydrogen-bond acceptors (Lipinski definition) is 6. The first-order chi connectivity index (χ1) is 14.5. The van der Waals surface area contributed by atoms with E-state index in [9.17, 15) is 0 Å². The van der Waals surface area contributed by atoms with Gasteiger partial charge in [-0.1, -0.05) is 9.24 Å². The van der Waals surface area contributed by atoms with E-state index in [-0.39, 0.29) is 0 Å². The number of aliphatic imine (C=N–C) groups is 1. The van der Waals surface area contributed by atoms with E-state index in [4.69, 9.17) is 5.10 Å². The Labute approximate surface area is 177 Å². The summed E-state index contributed by atoms with van der Waals surface area (Å²) < 4.78 is 1.97. The summed E-state index contributed by atoms with van der Waals surface area (Å²) in [6, 6.07) is 7.92. The van der Waals surface area contributed by atoms with Crippen molar-refractivity contribution in [3.63, 3.8) is 0 Å². The quantitative estimate of drug-likeness (QED) is 0.358. The molecule has 4 rings (SSSR count). The number of aromatic nitrogens is 6. The summed E-state index contributed by atoms with van der Waals surface area (Å²) in [7, 11) is 2.69. The molecule has 7 nitrogen and oxygen atoms in total. The molecule has 0 bridgehead atoms. The summed E-state index contributed by atoms with van der Waals surface area (Å²) >= 11 is 0. The summed E-state index contributed by atoms with van der Waals surface area (Å²) in [6.07, 6.45) is 8.62. The summed E-state index contributed by atoms with van der Waals surface area (Å²) in [5.41, 5.74) is 7.89. The zero-order valence-corrected chi connectivity index (χ0v) is 18.3. The zero-order chi connectivity index (χ0) is 21.1. The van der Waals surface area contributed by atoms with Gasteiger partial charge >= 0.3 is 0 Å². The Kier molecular flexibility index (Phi) is 5.72. The van der Waals surface area contributed by atoms with Crippen LogP contribution in [0.15, 0.2) is 60.2 Å². The Hall–Kier alpha value is -3.31. The maximum absolute atomic E-state index is 4.72. The van der Waals surface area contributed by atoms with Gasteiger partial charge in [0.05, 0.1) is 29.6 Å². The highest BCUT2D eigenvalue weighted by Gasteiger charge is 2.14. The molecule has 0 aliphatic heterocycles. The highest BCUT2D eigenvalue weighted by Crippen LogP contribution is 2.27. The van der Waals surface area contributed by atoms with Crippen LogP contribution in [0.5, 0.6) is 0 Å². The normalized spacial score (nSPS) is 11.7. The first-order valence-corrected chi connectivity index (χ1v) is 10.1. The van der Waals surface area contributed by atoms with Crippen LogP contribution in [-0.2, 0) is 6.54 Å². The van der Waals surface area contributed by atoms with Crippen molar-refractivity contribution in [3.8, 4) is 22.4 Å². The number of hydrogen-bond donors (Lipinski definition) is 0. The zero-order valence-electron chi connectivity index (χ0n) is 17.1. The standard InChI is InChI=1S/C22H22N7P/c1-14-10-17(6-7-24-14)22-15(2)28-29(16(22)3)13-21(30)27-20-5-4-18(11-26-20)19-12-23-8-9-25-19/h4-12H,13,30H2,1-3H3. The van der Waals surface area contributed by atoms with Gasteiger partial charge in [-0.25, -0.2) is 9.98 Å². The van der Waals surface area contributed by atoms with Crippen LogP contribution in [-0.4, -0.2) is 35.2 Å². The van der Waals surface area contributed by atoms with Crippen molar-refractivity contribution in [3.05, 3.63) is 72.3 Å². The van der Waals surface area contributed by atoms with Crippen LogP contribution in [0.1, 0.15) is 17.1 Å². The second kappa shape index (κ2) is 8.59. The van der Waals surface area contributed by atoms with Crippen molar-refractivity contribution in [1.82, 2.24) is 29.7 Å². The van der Waals surface area contributed by atoms with Gasteiger partial charge in [0.15, 0.2) is 5.82 Å². The first kappa shape index (κ1) is 20.0. The molecule has 4 aromatic heterocycles. The third kappa shape index (κ3) is 4.31. The SMILES string of the molecule is Cc1cc(-c2c(C)nn(CC(P)=Nc3ccc(-c4cnccn4)cn3)c2C)ccn1. The monoisotopic (exact) mass is 415 g/mol. The molecule has 4 aromatic rings. The number of pyridine rings is 2. The van der Waals surface area contributed by atoms with Crippen LogP contribution < -0.4 is 0 Å². The molecule has 0 saturated heterocycles. The van der Waals surface area contributed by atoms with Gasteiger partial charge in [-0.2, -0.15) is 5.10 Å². The van der Waals surface area contributed by atoms with Crippen molar-refractivity contribution >= 4 is 20.5 Å². The molecule has 4 heterocycles. The van der Waals surface area contributed by atoms with Crippen LogP contribution in [0.25, 0.3) is 22.4 Å². The Morgan fingerprint density at radius 2 is 1.83 bits per heavy atom. The topological polar surface area (TPSA) is 81.7 Å². The largest absolute Gasteiger partial charge is 0.263 e. The third-order valence-corrected chi connectivity index (χ3v) is 5.06. The van der Waals surface area contributed by atoms with E-state index in [1.54, 1.807) is 24.8 Å². The lowest BCUT2D eigenvalue weighted by atomic mass is 10.0. The Morgan fingerprint density at radius 3 is 2.53 bits per heavy atom. The highest BCUT2D eigenvalue weighted by molar-refractivity contribution is 7.40. The van der Waals surface area contributed by atoms with E-state index in [1.807, 2.05) is 42.9 Å². The molecule has 0 N–H and O–H groups in total. The van der Waals surface area contributed by atoms with E-state index in [2.05, 4.69) is 47.2 Å². The van der Waals surface area contributed by atoms with Gasteiger partial charge in [-0.05, 0) is 50.6 Å². The minimum atomic E-state index is 0.564. The first-order valence-electron chi connectivity index (χ1n) is 9.54. The maximum atomic E-state index is 4.72. The van der Waals surface area contributed by atoms with Crippen molar-refractivity contribution in [2.45, 2.75) is 27.3 Å². The maximum Gasteiger partial charge on any atom is 0.152 e. The van der Waals surface area contributed by atoms with Crippen LogP contribution in [0, 0.1) is 20.8 Å². The lowest BCUT2D eigenvalue weighted by Crippen LogP contribution is -2.08. The smallest absolute Gasteiger partial charge is 0.152 e. The molecule has 0 fully saturated rings. The summed E-state index contributed by atoms with van der Waals surface area (Å²) in [5, 5.41) is 4.72. The van der Waals surface area contributed by atoms with Crippen molar-refractivity contribution in [2.75, 3.05) is 0 Å². The number of nitrogens with zero attached hydrogens (tertiary/aromatic N) is 7. The lowest BCUT2D eigenvalue weighted by molar-refractivity contribution is 0.697. The van der Waals surface area contributed by atoms with E-state index < -0.39 is 0 Å². The van der Waals surface area contributed by atoms with Crippen molar-refractivity contribution in [2.24, 2.45) is 4.99 Å². The molecule has 8 heteroatoms. The molecule has 0 radical (unpaired) electrons. The number of rotatable bonds is 5. The molecular weight excluding hydrogens is 393 g/mol. The molecule has 30 heavy (non-hydrogen) atoms. The second-order valence-electron chi connectivity index (χ2n) is 6.99. The van der Waals surface area contributed by atoms with Gasteiger partial charge in [-0.3, -0.25) is 19.6 Å². The molecule has 1 atom stereocenters. The van der Waals surface area contributed by atoms with Gasteiger partial charge < -0.3 is 0 Å². The molecule has 0 aliphatic carbocycles. The molecule has 150 valence electrons. The molecule has 0 aromatic carbocycles. The van der Waals surface area contributed by atoms with Gasteiger partial charge in [0.25, 0.3) is 0 Å². The van der Waals surface area contributed by atoms with Crippen LogP contribution in [0.2, 0.25) is 0 Å². The average Bonchev–Trinajstić information content (AvgIpc) is 3.02. The minimum Gasteiger partial charge on any atom is -0.263 e. The predicted molar refractivity (Wildman–Crippen MR) is 122 cm³/mol. The van der Waals surface area contributed by atoms with Gasteiger partial charge in [0.2, 0.25) is 0 Å². The van der Waals surface area contributed by atoms with Gasteiger partial charge in [0, 0.05) is 47.3 Å². The van der Waals surface area contributed by atoms with Gasteiger partial charge in [0.1, 0.15) is 0 Å². The number of aryl methyl sites for hydroxylation is 2.